The monoisotopic (exact) mass is 397 g/mol. The number of halogens is 5. The highest BCUT2D eigenvalue weighted by molar-refractivity contribution is 8.14. The van der Waals surface area contributed by atoms with Gasteiger partial charge < -0.3 is 5.32 Å². The molecule has 5 nitrogen and oxygen atoms in total. The number of thioether (sulfide) groups is 1. The summed E-state index contributed by atoms with van der Waals surface area (Å²) >= 11 is 12.6. The van der Waals surface area contributed by atoms with Crippen LogP contribution in [-0.4, -0.2) is 46.0 Å². The number of amidine groups is 1. The number of aliphatic imine (C=N–C) groups is 1. The Hall–Kier alpha value is -1.45. The van der Waals surface area contributed by atoms with Crippen molar-refractivity contribution in [1.29, 1.82) is 0 Å². The molecule has 3 rings (SSSR count). The molecular formula is C13H8Cl2F3N3O2S. The van der Waals surface area contributed by atoms with Gasteiger partial charge in [0, 0.05) is 17.3 Å². The highest BCUT2D eigenvalue weighted by atomic mass is 35.5. The minimum absolute atomic E-state index is 0.0557. The van der Waals surface area contributed by atoms with Gasteiger partial charge in [-0.1, -0.05) is 35.0 Å². The minimum atomic E-state index is -5.10. The second kappa shape index (κ2) is 5.82. The summed E-state index contributed by atoms with van der Waals surface area (Å²) in [4.78, 5) is 28.9. The van der Waals surface area contributed by atoms with Crippen LogP contribution >= 0.6 is 35.0 Å². The highest BCUT2D eigenvalue weighted by Gasteiger charge is 2.67. The fourth-order valence-corrected chi connectivity index (χ4v) is 3.79. The number of fused-ring (bicyclic) bond motifs is 1. The molecule has 0 aromatic heterocycles. The Labute approximate surface area is 148 Å². The van der Waals surface area contributed by atoms with Crippen molar-refractivity contribution >= 4 is 51.9 Å². The molecule has 2 aliphatic rings. The number of carbonyl (C=O) groups is 2. The molecule has 24 heavy (non-hydrogen) atoms. The smallest absolute Gasteiger partial charge is 0.312 e. The largest absolute Gasteiger partial charge is 0.442 e. The summed E-state index contributed by atoms with van der Waals surface area (Å²) in [6.07, 6.45) is -5.10. The maximum atomic E-state index is 13.6. The molecule has 128 valence electrons. The van der Waals surface area contributed by atoms with Crippen molar-refractivity contribution in [3.05, 3.63) is 33.8 Å². The van der Waals surface area contributed by atoms with Crippen molar-refractivity contribution < 1.29 is 22.8 Å². The number of rotatable bonds is 2. The normalized spacial score (nSPS) is 23.3. The molecular weight excluding hydrogens is 390 g/mol. The fourth-order valence-electron chi connectivity index (χ4n) is 2.31. The van der Waals surface area contributed by atoms with Crippen molar-refractivity contribution in [2.24, 2.45) is 4.99 Å². The molecule has 1 N–H and O–H groups in total. The fraction of sp³-hybridized carbons (Fsp3) is 0.308. The molecule has 1 saturated heterocycles. The number of hydrogen-bond acceptors (Lipinski definition) is 4. The van der Waals surface area contributed by atoms with E-state index < -0.39 is 23.7 Å². The highest BCUT2D eigenvalue weighted by Crippen LogP contribution is 2.41. The quantitative estimate of drug-likeness (QED) is 0.834. The van der Waals surface area contributed by atoms with Crippen molar-refractivity contribution in [2.45, 2.75) is 11.8 Å². The predicted octanol–water partition coefficient (Wildman–Crippen LogP) is 2.93. The van der Waals surface area contributed by atoms with Crippen LogP contribution in [0.5, 0.6) is 0 Å². The predicted molar refractivity (Wildman–Crippen MR) is 84.3 cm³/mol. The third kappa shape index (κ3) is 2.64. The molecule has 2 amide bonds. The summed E-state index contributed by atoms with van der Waals surface area (Å²) in [5, 5.41) is 1.73. The third-order valence-corrected chi connectivity index (χ3v) is 4.98. The molecule has 1 aromatic rings. The number of carbonyl (C=O) groups excluding carboxylic acids is 2. The van der Waals surface area contributed by atoms with Crippen molar-refractivity contribution in [3.8, 4) is 0 Å². The Kier molecular flexibility index (Phi) is 4.21. The molecule has 2 heterocycles. The van der Waals surface area contributed by atoms with Crippen LogP contribution in [0.2, 0.25) is 10.0 Å². The summed E-state index contributed by atoms with van der Waals surface area (Å²) in [5.41, 5.74) is -3.58. The van der Waals surface area contributed by atoms with E-state index in [2.05, 4.69) is 4.99 Å². The maximum Gasteiger partial charge on any atom is 0.442 e. The average Bonchev–Trinajstić information content (AvgIpc) is 3.01. The Morgan fingerprint density at radius 3 is 2.67 bits per heavy atom. The van der Waals surface area contributed by atoms with E-state index in [1.165, 1.54) is 18.2 Å². The minimum Gasteiger partial charge on any atom is -0.312 e. The molecule has 1 aromatic carbocycles. The zero-order valence-corrected chi connectivity index (χ0v) is 14.0. The third-order valence-electron chi connectivity index (χ3n) is 3.48. The number of nitrogens with zero attached hydrogens (tertiary/aromatic N) is 2. The van der Waals surface area contributed by atoms with Crippen LogP contribution in [0, 0.1) is 0 Å². The van der Waals surface area contributed by atoms with E-state index in [4.69, 9.17) is 23.2 Å². The molecule has 0 radical (unpaired) electrons. The second-order valence-electron chi connectivity index (χ2n) is 4.99. The number of amides is 2. The zero-order valence-electron chi connectivity index (χ0n) is 11.7. The molecule has 2 aliphatic heterocycles. The molecule has 0 aliphatic carbocycles. The lowest BCUT2D eigenvalue weighted by molar-refractivity contribution is -0.196. The van der Waals surface area contributed by atoms with E-state index in [9.17, 15) is 22.8 Å². The van der Waals surface area contributed by atoms with Gasteiger partial charge in [-0.25, -0.2) is 4.99 Å². The summed E-state index contributed by atoms with van der Waals surface area (Å²) in [6.45, 7) is 0.109. The van der Waals surface area contributed by atoms with E-state index in [-0.39, 0.29) is 27.3 Å². The maximum absolute atomic E-state index is 13.6. The van der Waals surface area contributed by atoms with Crippen LogP contribution in [0.25, 0.3) is 0 Å². The van der Waals surface area contributed by atoms with E-state index in [0.717, 1.165) is 16.7 Å². The number of nitrogens with one attached hydrogen (secondary N) is 1. The van der Waals surface area contributed by atoms with Crippen molar-refractivity contribution in [2.75, 3.05) is 12.3 Å². The van der Waals surface area contributed by atoms with E-state index in [0.29, 0.717) is 5.75 Å². The van der Waals surface area contributed by atoms with Crippen LogP contribution in [0.3, 0.4) is 0 Å². The molecule has 11 heteroatoms. The van der Waals surface area contributed by atoms with Gasteiger partial charge in [0.05, 0.1) is 10.6 Å². The lowest BCUT2D eigenvalue weighted by Gasteiger charge is -2.28. The average molecular weight is 398 g/mol. The standard InChI is InChI=1S/C13H8Cl2F3N3O2S/c14-6-1-2-7(8(15)5-6)9(22)19-12(13(16,17)18)10(23)21-3-4-24-11(21)20-12/h1-2,5H,3-4H2,(H,19,22)/t12-/m1/s1. The topological polar surface area (TPSA) is 61.8 Å². The number of hydrogen-bond donors (Lipinski definition) is 1. The Bertz CT molecular complexity index is 771. The summed E-state index contributed by atoms with van der Waals surface area (Å²) < 4.78 is 40.7. The van der Waals surface area contributed by atoms with E-state index in [1.807, 2.05) is 0 Å². The molecule has 1 fully saturated rings. The summed E-state index contributed by atoms with van der Waals surface area (Å²) in [5.74, 6) is -2.04. The second-order valence-corrected chi connectivity index (χ2v) is 6.89. The molecule has 0 spiro atoms. The van der Waals surface area contributed by atoms with Gasteiger partial charge in [0.15, 0.2) is 5.17 Å². The van der Waals surface area contributed by atoms with Gasteiger partial charge in [-0.3, -0.25) is 14.5 Å². The van der Waals surface area contributed by atoms with Gasteiger partial charge in [-0.15, -0.1) is 0 Å². The summed E-state index contributed by atoms with van der Waals surface area (Å²) in [6, 6.07) is 3.69. The van der Waals surface area contributed by atoms with Gasteiger partial charge in [0.1, 0.15) is 0 Å². The summed E-state index contributed by atoms with van der Waals surface area (Å²) in [7, 11) is 0. The number of benzene rings is 1. The van der Waals surface area contributed by atoms with Gasteiger partial charge in [-0.2, -0.15) is 13.2 Å². The van der Waals surface area contributed by atoms with Gasteiger partial charge in [-0.05, 0) is 18.2 Å². The first-order valence-electron chi connectivity index (χ1n) is 6.54. The SMILES string of the molecule is O=C(N[C@@]1(C(F)(F)F)N=C2SCCN2C1=O)c1ccc(Cl)cc1Cl. The molecule has 0 unspecified atom stereocenters. The Morgan fingerprint density at radius 1 is 1.38 bits per heavy atom. The van der Waals surface area contributed by atoms with E-state index >= 15 is 0 Å². The molecule has 0 bridgehead atoms. The van der Waals surface area contributed by atoms with Gasteiger partial charge >= 0.3 is 11.8 Å². The lowest BCUT2D eigenvalue weighted by Crippen LogP contribution is -2.63. The van der Waals surface area contributed by atoms with Crippen LogP contribution < -0.4 is 5.32 Å². The van der Waals surface area contributed by atoms with Crippen LogP contribution in [0.15, 0.2) is 23.2 Å². The van der Waals surface area contributed by atoms with Crippen LogP contribution in [0.4, 0.5) is 13.2 Å². The van der Waals surface area contributed by atoms with Crippen molar-refractivity contribution in [3.63, 3.8) is 0 Å². The Balaban J connectivity index is 1.99. The lowest BCUT2D eigenvalue weighted by atomic mass is 10.1. The van der Waals surface area contributed by atoms with Gasteiger partial charge in [0.25, 0.3) is 11.8 Å². The van der Waals surface area contributed by atoms with Crippen molar-refractivity contribution in [1.82, 2.24) is 10.2 Å². The first-order valence-corrected chi connectivity index (χ1v) is 8.29. The Morgan fingerprint density at radius 2 is 2.08 bits per heavy atom. The molecule has 0 saturated carbocycles. The first-order chi connectivity index (χ1) is 11.2. The van der Waals surface area contributed by atoms with Crippen LogP contribution in [0.1, 0.15) is 10.4 Å². The zero-order chi connectivity index (χ0) is 17.7. The van der Waals surface area contributed by atoms with Crippen LogP contribution in [-0.2, 0) is 4.79 Å². The first kappa shape index (κ1) is 17.4. The van der Waals surface area contributed by atoms with E-state index in [1.54, 1.807) is 5.32 Å². The van der Waals surface area contributed by atoms with Gasteiger partial charge in [0.2, 0.25) is 0 Å². The number of alkyl halides is 3. The molecule has 1 atom stereocenters.